The first-order chi connectivity index (χ1) is 14.0. The number of carbonyl (C=O) groups is 1. The van der Waals surface area contributed by atoms with Crippen LogP contribution in [-0.2, 0) is 13.1 Å². The van der Waals surface area contributed by atoms with Crippen LogP contribution in [0.5, 0.6) is 0 Å². The van der Waals surface area contributed by atoms with Crippen molar-refractivity contribution in [2.75, 3.05) is 31.1 Å². The molecule has 9 heteroatoms. The standard InChI is InChI=1S/C20H23N5O3S/c1-3-25-19(27)18-16(22-20(25)28)10-15(29-18)11-23-6-8-24(9-7-23)17-5-4-14(12-26)21-13(17)2/h4-5,10,12H,3,6-9,11H2,1-2H3,(H,22,28). The maximum Gasteiger partial charge on any atom is 0.328 e. The van der Waals surface area contributed by atoms with E-state index < -0.39 is 0 Å². The number of pyridine rings is 1. The van der Waals surface area contributed by atoms with Crippen LogP contribution >= 0.6 is 11.3 Å². The van der Waals surface area contributed by atoms with E-state index in [0.717, 1.165) is 55.3 Å². The molecule has 0 bridgehead atoms. The van der Waals surface area contributed by atoms with E-state index in [1.54, 1.807) is 13.0 Å². The van der Waals surface area contributed by atoms with Gasteiger partial charge in [0, 0.05) is 44.1 Å². The van der Waals surface area contributed by atoms with Gasteiger partial charge < -0.3 is 9.88 Å². The number of aromatic amines is 1. The molecule has 0 amide bonds. The van der Waals surface area contributed by atoms with Gasteiger partial charge in [0.05, 0.1) is 16.9 Å². The van der Waals surface area contributed by atoms with E-state index in [1.807, 2.05) is 19.1 Å². The summed E-state index contributed by atoms with van der Waals surface area (Å²) in [5.41, 5.74) is 2.44. The van der Waals surface area contributed by atoms with Crippen LogP contribution in [0.15, 0.2) is 27.8 Å². The molecule has 0 radical (unpaired) electrons. The lowest BCUT2D eigenvalue weighted by Gasteiger charge is -2.36. The van der Waals surface area contributed by atoms with Crippen LogP contribution in [0.3, 0.4) is 0 Å². The van der Waals surface area contributed by atoms with Gasteiger partial charge in [-0.2, -0.15) is 0 Å². The number of fused-ring (bicyclic) bond motifs is 1. The fraction of sp³-hybridized carbons (Fsp3) is 0.400. The first kappa shape index (κ1) is 19.5. The van der Waals surface area contributed by atoms with E-state index in [-0.39, 0.29) is 11.2 Å². The zero-order valence-electron chi connectivity index (χ0n) is 16.5. The number of carbonyl (C=O) groups excluding carboxylic acids is 1. The van der Waals surface area contributed by atoms with Gasteiger partial charge in [0.25, 0.3) is 5.56 Å². The highest BCUT2D eigenvalue weighted by molar-refractivity contribution is 7.18. The minimum Gasteiger partial charge on any atom is -0.368 e. The molecule has 4 rings (SSSR count). The Morgan fingerprint density at radius 1 is 1.21 bits per heavy atom. The maximum absolute atomic E-state index is 12.5. The number of rotatable bonds is 5. The molecular formula is C20H23N5O3S. The molecule has 0 saturated carbocycles. The Labute approximate surface area is 171 Å². The van der Waals surface area contributed by atoms with Crippen LogP contribution < -0.4 is 16.1 Å². The third-order valence-corrected chi connectivity index (χ3v) is 6.43. The molecule has 1 aliphatic heterocycles. The Morgan fingerprint density at radius 3 is 2.62 bits per heavy atom. The number of piperazine rings is 1. The summed E-state index contributed by atoms with van der Waals surface area (Å²) < 4.78 is 1.84. The summed E-state index contributed by atoms with van der Waals surface area (Å²) in [6.45, 7) is 8.35. The molecule has 0 unspecified atom stereocenters. The quantitative estimate of drug-likeness (QED) is 0.639. The molecular weight excluding hydrogens is 390 g/mol. The zero-order valence-corrected chi connectivity index (χ0v) is 17.3. The molecule has 1 N–H and O–H groups in total. The first-order valence-corrected chi connectivity index (χ1v) is 10.5. The molecule has 4 heterocycles. The van der Waals surface area contributed by atoms with Gasteiger partial charge in [-0.25, -0.2) is 9.78 Å². The van der Waals surface area contributed by atoms with Gasteiger partial charge in [-0.15, -0.1) is 11.3 Å². The minimum absolute atomic E-state index is 0.214. The largest absolute Gasteiger partial charge is 0.368 e. The van der Waals surface area contributed by atoms with Crippen molar-refractivity contribution in [1.29, 1.82) is 0 Å². The zero-order chi connectivity index (χ0) is 20.5. The predicted octanol–water partition coefficient (Wildman–Crippen LogP) is 1.61. The summed E-state index contributed by atoms with van der Waals surface area (Å²) in [4.78, 5) is 48.2. The van der Waals surface area contributed by atoms with Crippen LogP contribution in [-0.4, -0.2) is 51.9 Å². The van der Waals surface area contributed by atoms with Crippen molar-refractivity contribution in [2.45, 2.75) is 26.9 Å². The van der Waals surface area contributed by atoms with Gasteiger partial charge in [-0.05, 0) is 32.0 Å². The average Bonchev–Trinajstić information content (AvgIpc) is 3.11. The van der Waals surface area contributed by atoms with Gasteiger partial charge in [-0.1, -0.05) is 0 Å². The topological polar surface area (TPSA) is 91.3 Å². The van der Waals surface area contributed by atoms with E-state index in [1.165, 1.54) is 15.9 Å². The van der Waals surface area contributed by atoms with Crippen molar-refractivity contribution in [3.63, 3.8) is 0 Å². The van der Waals surface area contributed by atoms with Gasteiger partial charge in [0.1, 0.15) is 10.4 Å². The van der Waals surface area contributed by atoms with Crippen LogP contribution in [0, 0.1) is 6.92 Å². The lowest BCUT2D eigenvalue weighted by atomic mass is 10.2. The second-order valence-electron chi connectivity index (χ2n) is 7.16. The summed E-state index contributed by atoms with van der Waals surface area (Å²) in [6, 6.07) is 5.63. The number of aryl methyl sites for hydroxylation is 1. The van der Waals surface area contributed by atoms with Crippen molar-refractivity contribution in [3.05, 3.63) is 55.3 Å². The lowest BCUT2D eigenvalue weighted by Crippen LogP contribution is -2.46. The molecule has 29 heavy (non-hydrogen) atoms. The van der Waals surface area contributed by atoms with Crippen molar-refractivity contribution < 1.29 is 4.79 Å². The number of hydrogen-bond donors (Lipinski definition) is 1. The third kappa shape index (κ3) is 3.75. The molecule has 152 valence electrons. The first-order valence-electron chi connectivity index (χ1n) is 9.65. The van der Waals surface area contributed by atoms with E-state index in [4.69, 9.17) is 0 Å². The monoisotopic (exact) mass is 413 g/mol. The highest BCUT2D eigenvalue weighted by Crippen LogP contribution is 2.24. The molecule has 0 aliphatic carbocycles. The summed E-state index contributed by atoms with van der Waals surface area (Å²) in [5, 5.41) is 0. The Balaban J connectivity index is 1.46. The van der Waals surface area contributed by atoms with Crippen LogP contribution in [0.1, 0.15) is 28.0 Å². The summed E-state index contributed by atoms with van der Waals surface area (Å²) >= 11 is 1.46. The van der Waals surface area contributed by atoms with Crippen molar-refractivity contribution in [2.24, 2.45) is 0 Å². The van der Waals surface area contributed by atoms with Crippen LogP contribution in [0.4, 0.5) is 5.69 Å². The molecule has 0 aromatic carbocycles. The summed E-state index contributed by atoms with van der Waals surface area (Å²) in [7, 11) is 0. The second-order valence-corrected chi connectivity index (χ2v) is 8.29. The predicted molar refractivity (Wildman–Crippen MR) is 114 cm³/mol. The number of H-pyrrole nitrogens is 1. The number of nitrogens with zero attached hydrogens (tertiary/aromatic N) is 4. The van der Waals surface area contributed by atoms with E-state index in [2.05, 4.69) is 19.8 Å². The third-order valence-electron chi connectivity index (χ3n) is 5.32. The Hall–Kier alpha value is -2.78. The van der Waals surface area contributed by atoms with Crippen molar-refractivity contribution >= 4 is 33.5 Å². The summed E-state index contributed by atoms with van der Waals surface area (Å²) in [5.74, 6) is 0. The molecule has 1 aliphatic rings. The Kier molecular flexibility index (Phi) is 5.33. The van der Waals surface area contributed by atoms with Crippen molar-refractivity contribution in [3.8, 4) is 0 Å². The van der Waals surface area contributed by atoms with E-state index in [9.17, 15) is 14.4 Å². The van der Waals surface area contributed by atoms with Gasteiger partial charge in [0.15, 0.2) is 6.29 Å². The molecule has 1 saturated heterocycles. The lowest BCUT2D eigenvalue weighted by molar-refractivity contribution is 0.111. The Morgan fingerprint density at radius 2 is 1.97 bits per heavy atom. The smallest absolute Gasteiger partial charge is 0.328 e. The molecule has 3 aromatic rings. The SMILES string of the molecule is CCn1c(=O)[nH]c2cc(CN3CCN(c4ccc(C=O)nc4C)CC3)sc2c1=O. The van der Waals surface area contributed by atoms with Crippen LogP contribution in [0.2, 0.25) is 0 Å². The van der Waals surface area contributed by atoms with Crippen molar-refractivity contribution in [1.82, 2.24) is 19.4 Å². The number of anilines is 1. The average molecular weight is 414 g/mol. The maximum atomic E-state index is 12.5. The fourth-order valence-corrected chi connectivity index (χ4v) is 4.90. The van der Waals surface area contributed by atoms with Crippen LogP contribution in [0.25, 0.3) is 10.2 Å². The fourth-order valence-electron chi connectivity index (χ4n) is 3.80. The van der Waals surface area contributed by atoms with Gasteiger partial charge in [-0.3, -0.25) is 19.1 Å². The number of nitrogens with one attached hydrogen (secondary N) is 1. The van der Waals surface area contributed by atoms with Gasteiger partial charge in [0.2, 0.25) is 0 Å². The number of thiophene rings is 1. The number of hydrogen-bond acceptors (Lipinski definition) is 7. The highest BCUT2D eigenvalue weighted by Gasteiger charge is 2.20. The molecule has 0 atom stereocenters. The minimum atomic E-state index is -0.354. The number of aromatic nitrogens is 3. The normalized spacial score (nSPS) is 15.2. The van der Waals surface area contributed by atoms with Gasteiger partial charge >= 0.3 is 5.69 Å². The molecule has 3 aromatic heterocycles. The highest BCUT2D eigenvalue weighted by atomic mass is 32.1. The molecule has 8 nitrogen and oxygen atoms in total. The molecule has 1 fully saturated rings. The Bertz CT molecular complexity index is 1170. The summed E-state index contributed by atoms with van der Waals surface area (Å²) in [6.07, 6.45) is 0.766. The molecule has 0 spiro atoms. The van der Waals surface area contributed by atoms with E-state index >= 15 is 0 Å². The number of aldehydes is 1. The second kappa shape index (κ2) is 7.92. The van der Waals surface area contributed by atoms with E-state index in [0.29, 0.717) is 22.5 Å².